The Morgan fingerprint density at radius 2 is 1.78 bits per heavy atom. The molecule has 2 aromatic heterocycles. The number of benzene rings is 2. The van der Waals surface area contributed by atoms with E-state index < -0.39 is 23.6 Å². The maximum Gasteiger partial charge on any atom is 0.407 e. The van der Waals surface area contributed by atoms with Crippen molar-refractivity contribution in [1.82, 2.24) is 15.6 Å². The van der Waals surface area contributed by atoms with Crippen LogP contribution in [-0.2, 0) is 22.4 Å². The standard InChI is InChI=1S/C38H40N4O7S/c1-21-17-22(20-39-37(46)49-38(2,3)4)9-11-29(21)42-34(43)27-18-28-31(48-15-13-23-14-16-50-33(23)28)19-26(27)25-10-12-30(41-32(25)36(45)47-5)35(44)40-24-7-6-8-24/h9-12,14,16-19,24H,6-8,13,15,20H2,1-5H3,(H,39,46)(H,40,44)(H,42,43). The molecule has 0 bridgehead atoms. The smallest absolute Gasteiger partial charge is 0.407 e. The Labute approximate surface area is 294 Å². The molecule has 4 aromatic rings. The van der Waals surface area contributed by atoms with Crippen molar-refractivity contribution in [2.24, 2.45) is 0 Å². The third-order valence-corrected chi connectivity index (χ3v) is 9.59. The minimum absolute atomic E-state index is 0.0816. The number of hydrogen-bond donors (Lipinski definition) is 3. The molecule has 2 aromatic carbocycles. The Kier molecular flexibility index (Phi) is 9.92. The molecule has 2 aliphatic rings. The number of amides is 3. The summed E-state index contributed by atoms with van der Waals surface area (Å²) in [5.74, 6) is -0.971. The van der Waals surface area contributed by atoms with Gasteiger partial charge >= 0.3 is 12.1 Å². The largest absolute Gasteiger partial charge is 0.493 e. The van der Waals surface area contributed by atoms with Gasteiger partial charge in [-0.2, -0.15) is 0 Å². The molecule has 0 radical (unpaired) electrons. The lowest BCUT2D eigenvalue weighted by atomic mass is 9.92. The molecule has 0 saturated heterocycles. The summed E-state index contributed by atoms with van der Waals surface area (Å²) in [6.07, 6.45) is 3.04. The maximum atomic E-state index is 14.3. The minimum atomic E-state index is -0.743. The van der Waals surface area contributed by atoms with Crippen LogP contribution in [0.5, 0.6) is 5.75 Å². The maximum absolute atomic E-state index is 14.3. The summed E-state index contributed by atoms with van der Waals surface area (Å²) in [6, 6.07) is 14.3. The van der Waals surface area contributed by atoms with Gasteiger partial charge in [0.1, 0.15) is 17.0 Å². The van der Waals surface area contributed by atoms with Crippen LogP contribution in [0.2, 0.25) is 0 Å². The molecule has 3 amide bonds. The highest BCUT2D eigenvalue weighted by atomic mass is 32.1. The van der Waals surface area contributed by atoms with Crippen LogP contribution in [0, 0.1) is 6.92 Å². The third kappa shape index (κ3) is 7.65. The van der Waals surface area contributed by atoms with E-state index in [2.05, 4.69) is 27.0 Å². The third-order valence-electron chi connectivity index (χ3n) is 8.60. The number of hydrogen-bond acceptors (Lipinski definition) is 9. The fraction of sp³-hybridized carbons (Fsp3) is 0.342. The first-order valence-electron chi connectivity index (χ1n) is 16.6. The summed E-state index contributed by atoms with van der Waals surface area (Å²) in [6.45, 7) is 7.95. The van der Waals surface area contributed by atoms with Gasteiger partial charge < -0.3 is 30.2 Å². The monoisotopic (exact) mass is 696 g/mol. The van der Waals surface area contributed by atoms with Gasteiger partial charge in [0.2, 0.25) is 0 Å². The Morgan fingerprint density at radius 1 is 0.980 bits per heavy atom. The van der Waals surface area contributed by atoms with Crippen molar-refractivity contribution in [2.75, 3.05) is 19.0 Å². The molecule has 260 valence electrons. The zero-order valence-corrected chi connectivity index (χ0v) is 29.5. The second-order valence-electron chi connectivity index (χ2n) is 13.4. The first-order valence-corrected chi connectivity index (χ1v) is 17.4. The molecule has 0 atom stereocenters. The second kappa shape index (κ2) is 14.3. The number of methoxy groups -OCH3 is 1. The van der Waals surface area contributed by atoms with E-state index in [-0.39, 0.29) is 35.4 Å². The van der Waals surface area contributed by atoms with Crippen molar-refractivity contribution in [1.29, 1.82) is 0 Å². The van der Waals surface area contributed by atoms with E-state index in [4.69, 9.17) is 14.2 Å². The molecule has 50 heavy (non-hydrogen) atoms. The average Bonchev–Trinajstić information content (AvgIpc) is 3.46. The lowest BCUT2D eigenvalue weighted by Crippen LogP contribution is -2.39. The highest BCUT2D eigenvalue weighted by Gasteiger charge is 2.28. The average molecular weight is 697 g/mol. The fourth-order valence-corrected chi connectivity index (χ4v) is 6.82. The quantitative estimate of drug-likeness (QED) is 0.166. The van der Waals surface area contributed by atoms with Crippen molar-refractivity contribution in [2.45, 2.75) is 71.6 Å². The van der Waals surface area contributed by atoms with Crippen LogP contribution >= 0.6 is 11.3 Å². The number of nitrogens with zero attached hydrogens (tertiary/aromatic N) is 1. The number of fused-ring (bicyclic) bond motifs is 3. The molecule has 12 heteroatoms. The van der Waals surface area contributed by atoms with Crippen molar-refractivity contribution < 1.29 is 33.4 Å². The van der Waals surface area contributed by atoms with Gasteiger partial charge in [0.05, 0.1) is 13.7 Å². The van der Waals surface area contributed by atoms with Crippen LogP contribution in [0.25, 0.3) is 21.6 Å². The molecule has 1 aliphatic heterocycles. The van der Waals surface area contributed by atoms with Gasteiger partial charge in [-0.05, 0) is 105 Å². The number of aromatic nitrogens is 1. The van der Waals surface area contributed by atoms with E-state index in [9.17, 15) is 19.2 Å². The Balaban J connectivity index is 1.37. The molecular formula is C38H40N4O7S. The summed E-state index contributed by atoms with van der Waals surface area (Å²) in [7, 11) is 1.25. The number of esters is 1. The first kappa shape index (κ1) is 34.6. The number of carbonyl (C=O) groups excluding carboxylic acids is 4. The SMILES string of the molecule is COC(=O)c1nc(C(=O)NC2CCC2)ccc1-c1cc2c(cc1C(=O)Nc1ccc(CNC(=O)OC(C)(C)C)cc1C)-c1sccc1CCO2. The highest BCUT2D eigenvalue weighted by Crippen LogP contribution is 2.43. The van der Waals surface area contributed by atoms with E-state index >= 15 is 0 Å². The number of carbonyl (C=O) groups is 4. The normalized spacial score (nSPS) is 13.8. The Bertz CT molecular complexity index is 1980. The summed E-state index contributed by atoms with van der Waals surface area (Å²) < 4.78 is 16.6. The van der Waals surface area contributed by atoms with Crippen LogP contribution in [0.1, 0.15) is 88.1 Å². The molecule has 0 unspecified atom stereocenters. The number of nitrogens with one attached hydrogen (secondary N) is 3. The van der Waals surface area contributed by atoms with E-state index in [0.717, 1.165) is 46.4 Å². The van der Waals surface area contributed by atoms with Crippen molar-refractivity contribution >= 4 is 40.9 Å². The van der Waals surface area contributed by atoms with Gasteiger partial charge in [-0.1, -0.05) is 12.1 Å². The zero-order valence-electron chi connectivity index (χ0n) is 28.7. The van der Waals surface area contributed by atoms with Gasteiger partial charge in [-0.25, -0.2) is 14.6 Å². The number of rotatable bonds is 8. The lowest BCUT2D eigenvalue weighted by Gasteiger charge is -2.26. The Morgan fingerprint density at radius 3 is 2.48 bits per heavy atom. The molecule has 0 spiro atoms. The fourth-order valence-electron chi connectivity index (χ4n) is 5.85. The van der Waals surface area contributed by atoms with E-state index in [0.29, 0.717) is 35.6 Å². The molecular weight excluding hydrogens is 657 g/mol. The summed E-state index contributed by atoms with van der Waals surface area (Å²) in [5.41, 5.74) is 4.45. The van der Waals surface area contributed by atoms with Crippen molar-refractivity contribution in [3.63, 3.8) is 0 Å². The molecule has 1 fully saturated rings. The first-order chi connectivity index (χ1) is 23.9. The number of anilines is 1. The molecule has 3 heterocycles. The summed E-state index contributed by atoms with van der Waals surface area (Å²) in [5, 5.41) is 10.8. The summed E-state index contributed by atoms with van der Waals surface area (Å²) >= 11 is 1.57. The van der Waals surface area contributed by atoms with Crippen LogP contribution in [0.15, 0.2) is 53.9 Å². The lowest BCUT2D eigenvalue weighted by molar-refractivity contribution is 0.0522. The van der Waals surface area contributed by atoms with Gasteiger partial charge in [0.15, 0.2) is 5.69 Å². The summed E-state index contributed by atoms with van der Waals surface area (Å²) in [4.78, 5) is 58.1. The molecule has 1 saturated carbocycles. The van der Waals surface area contributed by atoms with Gasteiger partial charge in [0.25, 0.3) is 11.8 Å². The van der Waals surface area contributed by atoms with E-state index in [1.807, 2.05) is 24.4 Å². The van der Waals surface area contributed by atoms with Crippen LogP contribution in [0.4, 0.5) is 10.5 Å². The topological polar surface area (TPSA) is 145 Å². The van der Waals surface area contributed by atoms with E-state index in [1.165, 1.54) is 7.11 Å². The highest BCUT2D eigenvalue weighted by molar-refractivity contribution is 7.13. The second-order valence-corrected chi connectivity index (χ2v) is 14.3. The van der Waals surface area contributed by atoms with Crippen LogP contribution < -0.4 is 20.7 Å². The van der Waals surface area contributed by atoms with Gasteiger partial charge in [0, 0.05) is 51.8 Å². The van der Waals surface area contributed by atoms with Crippen LogP contribution in [-0.4, -0.2) is 54.2 Å². The number of aryl methyl sites for hydroxylation is 1. The van der Waals surface area contributed by atoms with Gasteiger partial charge in [-0.3, -0.25) is 9.59 Å². The predicted octanol–water partition coefficient (Wildman–Crippen LogP) is 7.07. The minimum Gasteiger partial charge on any atom is -0.493 e. The number of alkyl carbamates (subject to hydrolysis) is 1. The van der Waals surface area contributed by atoms with Crippen molar-refractivity contribution in [3.05, 3.63) is 87.6 Å². The zero-order chi connectivity index (χ0) is 35.6. The van der Waals surface area contributed by atoms with Gasteiger partial charge in [-0.15, -0.1) is 11.3 Å². The molecule has 6 rings (SSSR count). The predicted molar refractivity (Wildman–Crippen MR) is 191 cm³/mol. The number of ether oxygens (including phenoxy) is 3. The van der Waals surface area contributed by atoms with Crippen LogP contribution in [0.3, 0.4) is 0 Å². The molecule has 11 nitrogen and oxygen atoms in total. The molecule has 1 aliphatic carbocycles. The number of thiophene rings is 1. The Hall–Kier alpha value is -5.23. The molecule has 3 N–H and O–H groups in total. The van der Waals surface area contributed by atoms with Crippen molar-refractivity contribution in [3.8, 4) is 27.3 Å². The van der Waals surface area contributed by atoms with E-state index in [1.54, 1.807) is 62.4 Å². The number of pyridine rings is 1.